The van der Waals surface area contributed by atoms with Crippen molar-refractivity contribution in [3.63, 3.8) is 0 Å². The first-order chi connectivity index (χ1) is 6.59. The number of ether oxygens (including phenoxy) is 1. The Labute approximate surface area is 93.7 Å². The van der Waals surface area contributed by atoms with Gasteiger partial charge in [0.05, 0.1) is 0 Å². The Morgan fingerprint density at radius 2 is 1.93 bits per heavy atom. The normalized spacial score (nSPS) is 18.7. The van der Waals surface area contributed by atoms with Gasteiger partial charge in [-0.1, -0.05) is 0 Å². The molecule has 0 aliphatic carbocycles. The van der Waals surface area contributed by atoms with E-state index in [9.17, 15) is 4.79 Å². The van der Waals surface area contributed by atoms with E-state index in [1.165, 1.54) is 0 Å². The van der Waals surface area contributed by atoms with Crippen molar-refractivity contribution in [2.45, 2.75) is 4.84 Å². The molecular formula is C8H14Cl2N2O2. The van der Waals surface area contributed by atoms with E-state index in [1.807, 2.05) is 7.05 Å². The maximum Gasteiger partial charge on any atom is 0.409 e. The van der Waals surface area contributed by atoms with Gasteiger partial charge in [0.2, 0.25) is 0 Å². The molecular weight excluding hydrogens is 227 g/mol. The molecule has 0 N–H and O–H groups in total. The Balaban J connectivity index is 2.24. The van der Waals surface area contributed by atoms with Gasteiger partial charge in [0.25, 0.3) is 0 Å². The average Bonchev–Trinajstić information content (AvgIpc) is 2.15. The maximum atomic E-state index is 11.4. The number of piperazine rings is 1. The molecule has 4 nitrogen and oxygen atoms in total. The zero-order valence-electron chi connectivity index (χ0n) is 8.08. The van der Waals surface area contributed by atoms with Gasteiger partial charge in [-0.05, 0) is 7.05 Å². The minimum absolute atomic E-state index is 0.0499. The summed E-state index contributed by atoms with van der Waals surface area (Å²) in [6, 6.07) is 0. The number of carbonyl (C=O) groups excluding carboxylic acids is 1. The number of carbonyl (C=O) groups is 1. The second-order valence-corrected chi connectivity index (χ2v) is 4.54. The fourth-order valence-corrected chi connectivity index (χ4v) is 1.34. The molecule has 0 aromatic rings. The molecule has 0 unspecified atom stereocenters. The molecule has 0 radical (unpaired) electrons. The van der Waals surface area contributed by atoms with Crippen LogP contribution in [0.4, 0.5) is 4.79 Å². The number of hydrogen-bond donors (Lipinski definition) is 0. The highest BCUT2D eigenvalue weighted by Crippen LogP contribution is 2.05. The van der Waals surface area contributed by atoms with Crippen LogP contribution in [0.5, 0.6) is 0 Å². The third kappa shape index (κ3) is 3.90. The van der Waals surface area contributed by atoms with Crippen LogP contribution in [0.3, 0.4) is 0 Å². The van der Waals surface area contributed by atoms with Crippen LogP contribution in [0.1, 0.15) is 0 Å². The summed E-state index contributed by atoms with van der Waals surface area (Å²) in [5.41, 5.74) is 0. The van der Waals surface area contributed by atoms with E-state index in [4.69, 9.17) is 27.9 Å². The van der Waals surface area contributed by atoms with E-state index in [0.29, 0.717) is 13.1 Å². The van der Waals surface area contributed by atoms with Crippen molar-refractivity contribution in [3.8, 4) is 0 Å². The summed E-state index contributed by atoms with van der Waals surface area (Å²) in [5, 5.41) is 0. The van der Waals surface area contributed by atoms with Crippen molar-refractivity contribution in [3.05, 3.63) is 0 Å². The van der Waals surface area contributed by atoms with E-state index in [0.717, 1.165) is 13.1 Å². The highest BCUT2D eigenvalue weighted by molar-refractivity contribution is 6.44. The van der Waals surface area contributed by atoms with Crippen molar-refractivity contribution in [2.75, 3.05) is 39.8 Å². The van der Waals surface area contributed by atoms with Crippen molar-refractivity contribution in [1.82, 2.24) is 9.80 Å². The first kappa shape index (κ1) is 11.9. The predicted molar refractivity (Wildman–Crippen MR) is 55.9 cm³/mol. The summed E-state index contributed by atoms with van der Waals surface area (Å²) in [6.07, 6.45) is -0.329. The van der Waals surface area contributed by atoms with Gasteiger partial charge in [-0.25, -0.2) is 4.79 Å². The van der Waals surface area contributed by atoms with Gasteiger partial charge in [0.15, 0.2) is 0 Å². The van der Waals surface area contributed by atoms with Crippen LogP contribution in [0.2, 0.25) is 0 Å². The highest BCUT2D eigenvalue weighted by atomic mass is 35.5. The van der Waals surface area contributed by atoms with Gasteiger partial charge in [0, 0.05) is 26.2 Å². The third-order valence-corrected chi connectivity index (χ3v) is 2.35. The Morgan fingerprint density at radius 1 is 1.36 bits per heavy atom. The molecule has 0 atom stereocenters. The Bertz CT molecular complexity index is 194. The molecule has 0 aromatic heterocycles. The van der Waals surface area contributed by atoms with Crippen molar-refractivity contribution < 1.29 is 9.53 Å². The molecule has 1 amide bonds. The molecule has 82 valence electrons. The number of hydrogen-bond acceptors (Lipinski definition) is 3. The number of likely N-dealkylation sites (N-methyl/N-ethyl adjacent to an activating group) is 1. The van der Waals surface area contributed by atoms with Gasteiger partial charge < -0.3 is 14.5 Å². The summed E-state index contributed by atoms with van der Waals surface area (Å²) in [6.45, 7) is 3.20. The molecule has 0 bridgehead atoms. The fourth-order valence-electron chi connectivity index (χ4n) is 1.21. The van der Waals surface area contributed by atoms with E-state index >= 15 is 0 Å². The van der Waals surface area contributed by atoms with Crippen molar-refractivity contribution >= 4 is 29.3 Å². The zero-order chi connectivity index (χ0) is 10.6. The van der Waals surface area contributed by atoms with Gasteiger partial charge >= 0.3 is 6.09 Å². The summed E-state index contributed by atoms with van der Waals surface area (Å²) in [4.78, 5) is 14.6. The first-order valence-electron chi connectivity index (χ1n) is 4.48. The van der Waals surface area contributed by atoms with Crippen LogP contribution < -0.4 is 0 Å². The minimum atomic E-state index is -0.647. The lowest BCUT2D eigenvalue weighted by molar-refractivity contribution is 0.0847. The van der Waals surface area contributed by atoms with E-state index in [2.05, 4.69) is 4.90 Å². The van der Waals surface area contributed by atoms with Crippen LogP contribution in [-0.4, -0.2) is 60.6 Å². The summed E-state index contributed by atoms with van der Waals surface area (Å²) < 4.78 is 4.88. The van der Waals surface area contributed by atoms with Crippen molar-refractivity contribution in [2.24, 2.45) is 0 Å². The topological polar surface area (TPSA) is 32.8 Å². The zero-order valence-corrected chi connectivity index (χ0v) is 9.59. The fraction of sp³-hybridized carbons (Fsp3) is 0.875. The van der Waals surface area contributed by atoms with Gasteiger partial charge in [-0.2, -0.15) is 0 Å². The first-order valence-corrected chi connectivity index (χ1v) is 5.35. The molecule has 1 aliphatic heterocycles. The molecule has 0 spiro atoms. The van der Waals surface area contributed by atoms with Crippen LogP contribution in [0, 0.1) is 0 Å². The number of amides is 1. The number of nitrogens with zero attached hydrogens (tertiary/aromatic N) is 2. The molecule has 14 heavy (non-hydrogen) atoms. The van der Waals surface area contributed by atoms with E-state index in [1.54, 1.807) is 4.90 Å². The Kier molecular flexibility index (Phi) is 4.78. The SMILES string of the molecule is CN1CCN(C(=O)OCC(Cl)Cl)CC1. The van der Waals surface area contributed by atoms with Gasteiger partial charge in [0.1, 0.15) is 11.4 Å². The van der Waals surface area contributed by atoms with E-state index in [-0.39, 0.29) is 12.7 Å². The molecule has 1 rings (SSSR count). The monoisotopic (exact) mass is 240 g/mol. The smallest absolute Gasteiger partial charge is 0.409 e. The van der Waals surface area contributed by atoms with Gasteiger partial charge in [-0.3, -0.25) is 0 Å². The maximum absolute atomic E-state index is 11.4. The molecule has 1 aliphatic rings. The molecule has 0 saturated carbocycles. The van der Waals surface area contributed by atoms with Gasteiger partial charge in [-0.15, -0.1) is 23.2 Å². The number of halogens is 2. The largest absolute Gasteiger partial charge is 0.447 e. The van der Waals surface area contributed by atoms with Crippen molar-refractivity contribution in [1.29, 1.82) is 0 Å². The van der Waals surface area contributed by atoms with Crippen LogP contribution in [0.25, 0.3) is 0 Å². The molecule has 0 aromatic carbocycles. The summed E-state index contributed by atoms with van der Waals surface area (Å²) >= 11 is 10.9. The minimum Gasteiger partial charge on any atom is -0.447 e. The predicted octanol–water partition coefficient (Wildman–Crippen LogP) is 1.17. The molecule has 1 heterocycles. The molecule has 1 saturated heterocycles. The Morgan fingerprint density at radius 3 is 2.43 bits per heavy atom. The number of alkyl halides is 2. The second kappa shape index (κ2) is 5.63. The molecule has 1 fully saturated rings. The number of rotatable bonds is 2. The quantitative estimate of drug-likeness (QED) is 0.680. The van der Waals surface area contributed by atoms with Crippen LogP contribution in [-0.2, 0) is 4.74 Å². The second-order valence-electron chi connectivity index (χ2n) is 3.26. The van der Waals surface area contributed by atoms with Crippen LogP contribution >= 0.6 is 23.2 Å². The highest BCUT2D eigenvalue weighted by Gasteiger charge is 2.20. The van der Waals surface area contributed by atoms with E-state index < -0.39 is 4.84 Å². The lowest BCUT2D eigenvalue weighted by Gasteiger charge is -2.31. The summed E-state index contributed by atoms with van der Waals surface area (Å²) in [7, 11) is 2.02. The third-order valence-electron chi connectivity index (χ3n) is 2.09. The lowest BCUT2D eigenvalue weighted by Crippen LogP contribution is -2.47. The lowest BCUT2D eigenvalue weighted by atomic mass is 10.3. The standard InChI is InChI=1S/C8H14Cl2N2O2/c1-11-2-4-12(5-3-11)8(13)14-6-7(9)10/h7H,2-6H2,1H3. The molecule has 6 heteroatoms. The van der Waals surface area contributed by atoms with Crippen LogP contribution in [0.15, 0.2) is 0 Å². The summed E-state index contributed by atoms with van der Waals surface area (Å²) in [5.74, 6) is 0. The Hall–Kier alpha value is -0.190. The average molecular weight is 241 g/mol.